The van der Waals surface area contributed by atoms with Crippen LogP contribution in [0.4, 0.5) is 0 Å². The minimum absolute atomic E-state index is 0.189. The number of benzene rings is 1. The minimum Gasteiger partial charge on any atom is -0.292 e. The SMILES string of the molecule is CC1C=C(Cl)C(n2nc(C(=O)CC3CCCCC3)c3c2-c2ccc(Br)cc2C3)=CC1. The van der Waals surface area contributed by atoms with E-state index < -0.39 is 0 Å². The number of halogens is 2. The molecule has 156 valence electrons. The Morgan fingerprint density at radius 1 is 1.27 bits per heavy atom. The monoisotopic (exact) mass is 484 g/mol. The van der Waals surface area contributed by atoms with E-state index in [1.807, 2.05) is 4.68 Å². The van der Waals surface area contributed by atoms with Gasteiger partial charge < -0.3 is 0 Å². The zero-order valence-corrected chi connectivity index (χ0v) is 19.6. The van der Waals surface area contributed by atoms with Gasteiger partial charge >= 0.3 is 0 Å². The second-order valence-electron chi connectivity index (χ2n) is 9.01. The number of nitrogens with zero attached hydrogens (tertiary/aromatic N) is 2. The summed E-state index contributed by atoms with van der Waals surface area (Å²) in [4.78, 5) is 13.4. The molecule has 30 heavy (non-hydrogen) atoms. The molecule has 3 nitrogen and oxygen atoms in total. The van der Waals surface area contributed by atoms with E-state index in [9.17, 15) is 4.79 Å². The number of hydrogen-bond acceptors (Lipinski definition) is 2. The molecule has 3 aliphatic rings. The van der Waals surface area contributed by atoms with E-state index >= 15 is 0 Å². The predicted octanol–water partition coefficient (Wildman–Crippen LogP) is 7.37. The molecule has 5 heteroatoms. The average molecular weight is 486 g/mol. The van der Waals surface area contributed by atoms with E-state index in [2.05, 4.69) is 53.2 Å². The lowest BCUT2D eigenvalue weighted by Crippen LogP contribution is -2.14. The predicted molar refractivity (Wildman–Crippen MR) is 126 cm³/mol. The standard InChI is InChI=1S/C25H26BrClN2O/c1-15-7-10-22(21(27)11-15)29-25-19-9-8-18(26)13-17(19)14-20(25)24(28-29)23(30)12-16-5-3-2-4-6-16/h8-11,13,15-16H,2-7,12,14H2,1H3. The second-order valence-corrected chi connectivity index (χ2v) is 10.3. The Balaban J connectivity index is 1.58. The van der Waals surface area contributed by atoms with Crippen molar-refractivity contribution in [2.45, 2.75) is 58.3 Å². The number of hydrogen-bond donors (Lipinski definition) is 0. The Morgan fingerprint density at radius 3 is 2.83 bits per heavy atom. The molecule has 0 amide bonds. The third-order valence-corrected chi connectivity index (χ3v) is 7.54. The quantitative estimate of drug-likeness (QED) is 0.361. The fourth-order valence-electron chi connectivity index (χ4n) is 5.16. The van der Waals surface area contributed by atoms with Crippen LogP contribution in [0.25, 0.3) is 17.0 Å². The zero-order valence-electron chi connectivity index (χ0n) is 17.3. The first-order chi connectivity index (χ1) is 14.5. The molecule has 0 radical (unpaired) electrons. The number of Topliss-reactive ketones (excluding diaryl/α,β-unsaturated/α-hetero) is 1. The van der Waals surface area contributed by atoms with Crippen LogP contribution in [-0.2, 0) is 6.42 Å². The molecule has 0 aliphatic heterocycles. The highest BCUT2D eigenvalue weighted by Crippen LogP contribution is 2.43. The summed E-state index contributed by atoms with van der Waals surface area (Å²) in [6.07, 6.45) is 12.7. The van der Waals surface area contributed by atoms with Crippen molar-refractivity contribution >= 4 is 39.0 Å². The van der Waals surface area contributed by atoms with Gasteiger partial charge in [0, 0.05) is 28.4 Å². The van der Waals surface area contributed by atoms with E-state index in [4.69, 9.17) is 16.7 Å². The van der Waals surface area contributed by atoms with E-state index in [0.717, 1.165) is 44.9 Å². The molecule has 1 atom stereocenters. The molecular formula is C25H26BrClN2O. The normalized spacial score (nSPS) is 21.1. The van der Waals surface area contributed by atoms with Crippen molar-refractivity contribution < 1.29 is 4.79 Å². The van der Waals surface area contributed by atoms with Gasteiger partial charge in [-0.25, -0.2) is 4.68 Å². The molecule has 1 fully saturated rings. The Hall–Kier alpha value is -1.65. The lowest BCUT2D eigenvalue weighted by atomic mass is 9.85. The summed E-state index contributed by atoms with van der Waals surface area (Å²) >= 11 is 10.2. The summed E-state index contributed by atoms with van der Waals surface area (Å²) in [5.74, 6) is 1.11. The lowest BCUT2D eigenvalue weighted by Gasteiger charge is -2.20. The molecule has 1 heterocycles. The Kier molecular flexibility index (Phi) is 5.49. The van der Waals surface area contributed by atoms with Crippen LogP contribution in [-0.4, -0.2) is 15.6 Å². The molecule has 1 aromatic heterocycles. The number of carbonyl (C=O) groups is 1. The summed E-state index contributed by atoms with van der Waals surface area (Å²) < 4.78 is 3.00. The highest BCUT2D eigenvalue weighted by atomic mass is 79.9. The number of fused-ring (bicyclic) bond motifs is 3. The average Bonchev–Trinajstić information content (AvgIpc) is 3.25. The number of rotatable bonds is 4. The number of ketones is 1. The molecule has 3 aliphatic carbocycles. The van der Waals surface area contributed by atoms with Gasteiger partial charge in [0.1, 0.15) is 5.69 Å². The van der Waals surface area contributed by atoms with Crippen LogP contribution in [0, 0.1) is 11.8 Å². The molecule has 2 aromatic rings. The Labute approximate surface area is 191 Å². The van der Waals surface area contributed by atoms with Crippen molar-refractivity contribution in [3.8, 4) is 11.3 Å². The fraction of sp³-hybridized carbons (Fsp3) is 0.440. The topological polar surface area (TPSA) is 34.9 Å². The van der Waals surface area contributed by atoms with Gasteiger partial charge in [0.15, 0.2) is 5.78 Å². The van der Waals surface area contributed by atoms with Gasteiger partial charge in [-0.1, -0.05) is 84.8 Å². The highest BCUT2D eigenvalue weighted by molar-refractivity contribution is 9.10. The fourth-order valence-corrected chi connectivity index (χ4v) is 5.94. The van der Waals surface area contributed by atoms with Crippen molar-refractivity contribution in [2.24, 2.45) is 11.8 Å². The first kappa shape index (κ1) is 20.3. The van der Waals surface area contributed by atoms with Gasteiger partial charge in [-0.15, -0.1) is 0 Å². The molecule has 0 bridgehead atoms. The van der Waals surface area contributed by atoms with Crippen molar-refractivity contribution in [1.82, 2.24) is 9.78 Å². The molecule has 1 aromatic carbocycles. The van der Waals surface area contributed by atoms with Gasteiger partial charge in [0.2, 0.25) is 0 Å². The van der Waals surface area contributed by atoms with Crippen molar-refractivity contribution in [1.29, 1.82) is 0 Å². The van der Waals surface area contributed by atoms with Crippen LogP contribution in [0.2, 0.25) is 0 Å². The molecular weight excluding hydrogens is 460 g/mol. The summed E-state index contributed by atoms with van der Waals surface area (Å²) in [6, 6.07) is 6.34. The maximum absolute atomic E-state index is 13.4. The number of allylic oxidation sites excluding steroid dienone is 4. The summed E-state index contributed by atoms with van der Waals surface area (Å²) in [5, 5.41) is 5.60. The Morgan fingerprint density at radius 2 is 2.07 bits per heavy atom. The minimum atomic E-state index is 0.189. The molecule has 0 saturated heterocycles. The molecule has 1 saturated carbocycles. The van der Waals surface area contributed by atoms with Crippen molar-refractivity contribution in [3.05, 3.63) is 56.7 Å². The van der Waals surface area contributed by atoms with Gasteiger partial charge in [-0.05, 0) is 36.0 Å². The summed E-state index contributed by atoms with van der Waals surface area (Å²) in [6.45, 7) is 2.16. The number of carbonyl (C=O) groups excluding carboxylic acids is 1. The van der Waals surface area contributed by atoms with Gasteiger partial charge in [-0.2, -0.15) is 5.10 Å². The maximum Gasteiger partial charge on any atom is 0.183 e. The van der Waals surface area contributed by atoms with Gasteiger partial charge in [0.25, 0.3) is 0 Å². The highest BCUT2D eigenvalue weighted by Gasteiger charge is 2.33. The third-order valence-electron chi connectivity index (χ3n) is 6.72. The van der Waals surface area contributed by atoms with Crippen LogP contribution in [0.3, 0.4) is 0 Å². The van der Waals surface area contributed by atoms with Crippen LogP contribution >= 0.6 is 27.5 Å². The number of aromatic nitrogens is 2. The second kappa shape index (κ2) is 8.12. The first-order valence-electron chi connectivity index (χ1n) is 11.0. The van der Waals surface area contributed by atoms with E-state index in [0.29, 0.717) is 24.0 Å². The van der Waals surface area contributed by atoms with Crippen LogP contribution in [0.15, 0.2) is 39.9 Å². The van der Waals surface area contributed by atoms with Gasteiger partial charge in [-0.3, -0.25) is 4.79 Å². The van der Waals surface area contributed by atoms with Crippen LogP contribution < -0.4 is 0 Å². The van der Waals surface area contributed by atoms with Crippen LogP contribution in [0.5, 0.6) is 0 Å². The Bertz CT molecular complexity index is 1080. The third kappa shape index (κ3) is 3.62. The smallest absolute Gasteiger partial charge is 0.183 e. The lowest BCUT2D eigenvalue weighted by molar-refractivity contribution is 0.0944. The molecule has 5 rings (SSSR count). The van der Waals surface area contributed by atoms with Crippen LogP contribution in [0.1, 0.15) is 73.5 Å². The zero-order chi connectivity index (χ0) is 20.8. The molecule has 1 unspecified atom stereocenters. The largest absolute Gasteiger partial charge is 0.292 e. The van der Waals surface area contributed by atoms with Crippen molar-refractivity contribution in [3.63, 3.8) is 0 Å². The molecule has 0 spiro atoms. The maximum atomic E-state index is 13.4. The summed E-state index contributed by atoms with van der Waals surface area (Å²) in [7, 11) is 0. The van der Waals surface area contributed by atoms with E-state index in [1.165, 1.54) is 37.7 Å². The van der Waals surface area contributed by atoms with E-state index in [1.54, 1.807) is 0 Å². The van der Waals surface area contributed by atoms with Gasteiger partial charge in [0.05, 0.1) is 16.4 Å². The molecule has 0 N–H and O–H groups in total. The first-order valence-corrected chi connectivity index (χ1v) is 12.2. The van der Waals surface area contributed by atoms with Crippen molar-refractivity contribution in [2.75, 3.05) is 0 Å². The summed E-state index contributed by atoms with van der Waals surface area (Å²) in [5.41, 5.74) is 6.04. The van der Waals surface area contributed by atoms with E-state index in [-0.39, 0.29) is 5.78 Å².